The molecule has 0 aromatic heterocycles. The summed E-state index contributed by atoms with van der Waals surface area (Å²) in [6, 6.07) is 15.4. The predicted molar refractivity (Wildman–Crippen MR) is 93.7 cm³/mol. The molecule has 0 heterocycles. The van der Waals surface area contributed by atoms with E-state index in [4.69, 9.17) is 14.6 Å². The number of rotatable bonds is 10. The molecule has 0 aliphatic heterocycles. The van der Waals surface area contributed by atoms with Crippen molar-refractivity contribution in [1.29, 1.82) is 0 Å². The summed E-state index contributed by atoms with van der Waals surface area (Å²) in [4.78, 5) is 10.6. The minimum atomic E-state index is -0.788. The van der Waals surface area contributed by atoms with Crippen molar-refractivity contribution in [2.24, 2.45) is 0 Å². The molecular weight excluding hydrogens is 304 g/mol. The van der Waals surface area contributed by atoms with E-state index < -0.39 is 5.97 Å². The molecule has 2 aromatic carbocycles. The molecule has 0 saturated carbocycles. The van der Waals surface area contributed by atoms with Crippen LogP contribution in [-0.2, 0) is 17.6 Å². The van der Waals surface area contributed by atoms with E-state index in [9.17, 15) is 4.79 Å². The van der Waals surface area contributed by atoms with Gasteiger partial charge in [0.25, 0.3) is 0 Å². The standard InChI is InChI=1S/C20H22O4/c1-2-5-17-6-3-4-7-19(17)24-15-14-23-18-11-8-16(9-12-18)10-13-20(21)22/h2-4,6-9,11-12H,1,5,10,13-15H2,(H,21,22). The molecule has 126 valence electrons. The second-order valence-corrected chi connectivity index (χ2v) is 5.34. The lowest BCUT2D eigenvalue weighted by molar-refractivity contribution is -0.136. The Morgan fingerprint density at radius 3 is 2.46 bits per heavy atom. The number of carboxylic acids is 1. The fourth-order valence-corrected chi connectivity index (χ4v) is 2.28. The van der Waals surface area contributed by atoms with E-state index >= 15 is 0 Å². The van der Waals surface area contributed by atoms with E-state index in [1.165, 1.54) is 0 Å². The summed E-state index contributed by atoms with van der Waals surface area (Å²) >= 11 is 0. The van der Waals surface area contributed by atoms with Crippen molar-refractivity contribution in [3.05, 3.63) is 72.3 Å². The molecule has 0 amide bonds. The van der Waals surface area contributed by atoms with Gasteiger partial charge in [-0.25, -0.2) is 0 Å². The van der Waals surface area contributed by atoms with Crippen molar-refractivity contribution in [1.82, 2.24) is 0 Å². The van der Waals surface area contributed by atoms with Gasteiger partial charge in [-0.05, 0) is 42.2 Å². The summed E-state index contributed by atoms with van der Waals surface area (Å²) in [6.45, 7) is 4.64. The Labute approximate surface area is 142 Å². The summed E-state index contributed by atoms with van der Waals surface area (Å²) < 4.78 is 11.4. The molecule has 24 heavy (non-hydrogen) atoms. The van der Waals surface area contributed by atoms with Crippen molar-refractivity contribution < 1.29 is 19.4 Å². The largest absolute Gasteiger partial charge is 0.490 e. The van der Waals surface area contributed by atoms with Gasteiger partial charge in [0, 0.05) is 6.42 Å². The van der Waals surface area contributed by atoms with E-state index in [1.807, 2.05) is 54.6 Å². The molecule has 0 spiro atoms. The van der Waals surface area contributed by atoms with Crippen LogP contribution in [0, 0.1) is 0 Å². The number of aryl methyl sites for hydroxylation is 1. The van der Waals surface area contributed by atoms with Crippen molar-refractivity contribution >= 4 is 5.97 Å². The third-order valence-corrected chi connectivity index (χ3v) is 3.50. The Balaban J connectivity index is 1.76. The summed E-state index contributed by atoms with van der Waals surface area (Å²) in [7, 11) is 0. The van der Waals surface area contributed by atoms with Gasteiger partial charge in [-0.3, -0.25) is 4.79 Å². The van der Waals surface area contributed by atoms with E-state index in [1.54, 1.807) is 0 Å². The zero-order valence-corrected chi connectivity index (χ0v) is 13.6. The lowest BCUT2D eigenvalue weighted by atomic mass is 10.1. The number of ether oxygens (including phenoxy) is 2. The molecule has 0 saturated heterocycles. The highest BCUT2D eigenvalue weighted by Gasteiger charge is 2.02. The average Bonchev–Trinajstić information content (AvgIpc) is 2.59. The molecule has 4 nitrogen and oxygen atoms in total. The topological polar surface area (TPSA) is 55.8 Å². The normalized spacial score (nSPS) is 10.2. The van der Waals surface area contributed by atoms with Crippen molar-refractivity contribution in [3.8, 4) is 11.5 Å². The Morgan fingerprint density at radius 2 is 1.75 bits per heavy atom. The second-order valence-electron chi connectivity index (χ2n) is 5.34. The summed E-state index contributed by atoms with van der Waals surface area (Å²) in [5.74, 6) is 0.811. The van der Waals surface area contributed by atoms with Crippen LogP contribution in [0.5, 0.6) is 11.5 Å². The number of para-hydroxylation sites is 1. The highest BCUT2D eigenvalue weighted by Crippen LogP contribution is 2.19. The number of hydrogen-bond acceptors (Lipinski definition) is 3. The zero-order chi connectivity index (χ0) is 17.2. The van der Waals surface area contributed by atoms with Gasteiger partial charge in [-0.15, -0.1) is 6.58 Å². The van der Waals surface area contributed by atoms with Crippen molar-refractivity contribution in [2.45, 2.75) is 19.3 Å². The molecule has 4 heteroatoms. The van der Waals surface area contributed by atoms with Gasteiger partial charge in [-0.2, -0.15) is 0 Å². The van der Waals surface area contributed by atoms with Crippen LogP contribution in [0.1, 0.15) is 17.5 Å². The lowest BCUT2D eigenvalue weighted by Crippen LogP contribution is -2.10. The van der Waals surface area contributed by atoms with Crippen LogP contribution >= 0.6 is 0 Å². The fraction of sp³-hybridized carbons (Fsp3) is 0.250. The number of aliphatic carboxylic acids is 1. The maximum atomic E-state index is 10.6. The third kappa shape index (κ3) is 5.80. The molecule has 2 aromatic rings. The van der Waals surface area contributed by atoms with E-state index in [0.29, 0.717) is 19.6 Å². The Morgan fingerprint density at radius 1 is 1.04 bits per heavy atom. The molecule has 2 rings (SSSR count). The molecule has 0 aliphatic rings. The first-order valence-electron chi connectivity index (χ1n) is 7.94. The molecular formula is C20H22O4. The number of benzene rings is 2. The highest BCUT2D eigenvalue weighted by molar-refractivity contribution is 5.67. The minimum Gasteiger partial charge on any atom is -0.490 e. The van der Waals surface area contributed by atoms with Gasteiger partial charge < -0.3 is 14.6 Å². The van der Waals surface area contributed by atoms with Crippen molar-refractivity contribution in [2.75, 3.05) is 13.2 Å². The Bertz CT molecular complexity index is 662. The quantitative estimate of drug-likeness (QED) is 0.531. The van der Waals surface area contributed by atoms with Crippen LogP contribution in [-0.4, -0.2) is 24.3 Å². The fourth-order valence-electron chi connectivity index (χ4n) is 2.28. The van der Waals surface area contributed by atoms with Gasteiger partial charge in [0.2, 0.25) is 0 Å². The average molecular weight is 326 g/mol. The maximum Gasteiger partial charge on any atom is 0.303 e. The van der Waals surface area contributed by atoms with Gasteiger partial charge in [0.05, 0.1) is 0 Å². The van der Waals surface area contributed by atoms with Gasteiger partial charge in [0.15, 0.2) is 0 Å². The van der Waals surface area contributed by atoms with E-state index in [2.05, 4.69) is 6.58 Å². The monoisotopic (exact) mass is 326 g/mol. The zero-order valence-electron chi connectivity index (χ0n) is 13.6. The van der Waals surface area contributed by atoms with Crippen LogP contribution in [0.4, 0.5) is 0 Å². The SMILES string of the molecule is C=CCc1ccccc1OCCOc1ccc(CCC(=O)O)cc1. The molecule has 0 unspecified atom stereocenters. The maximum absolute atomic E-state index is 10.6. The van der Waals surface area contributed by atoms with Crippen molar-refractivity contribution in [3.63, 3.8) is 0 Å². The first-order valence-corrected chi connectivity index (χ1v) is 7.94. The van der Waals surface area contributed by atoms with Gasteiger partial charge >= 0.3 is 5.97 Å². The summed E-state index contributed by atoms with van der Waals surface area (Å²) in [6.07, 6.45) is 3.29. The highest BCUT2D eigenvalue weighted by atomic mass is 16.5. The molecule has 0 aliphatic carbocycles. The number of carboxylic acid groups (broad SMARTS) is 1. The summed E-state index contributed by atoms with van der Waals surface area (Å²) in [5, 5.41) is 8.68. The third-order valence-electron chi connectivity index (χ3n) is 3.50. The number of carbonyl (C=O) groups is 1. The van der Waals surface area contributed by atoms with Crippen LogP contribution in [0.2, 0.25) is 0 Å². The number of hydrogen-bond donors (Lipinski definition) is 1. The molecule has 0 radical (unpaired) electrons. The minimum absolute atomic E-state index is 0.137. The lowest BCUT2D eigenvalue weighted by Gasteiger charge is -2.11. The number of allylic oxidation sites excluding steroid dienone is 1. The van der Waals surface area contributed by atoms with Crippen LogP contribution in [0.25, 0.3) is 0 Å². The Kier molecular flexibility index (Phi) is 6.90. The Hall–Kier alpha value is -2.75. The first kappa shape index (κ1) is 17.6. The van der Waals surface area contributed by atoms with E-state index in [-0.39, 0.29) is 6.42 Å². The summed E-state index contributed by atoms with van der Waals surface area (Å²) in [5.41, 5.74) is 2.09. The van der Waals surface area contributed by atoms with Gasteiger partial charge in [0.1, 0.15) is 24.7 Å². The molecule has 1 N–H and O–H groups in total. The van der Waals surface area contributed by atoms with Crippen LogP contribution < -0.4 is 9.47 Å². The molecule has 0 bridgehead atoms. The smallest absolute Gasteiger partial charge is 0.303 e. The first-order chi connectivity index (χ1) is 11.7. The van der Waals surface area contributed by atoms with Gasteiger partial charge in [-0.1, -0.05) is 36.4 Å². The van der Waals surface area contributed by atoms with E-state index in [0.717, 1.165) is 29.0 Å². The van der Waals surface area contributed by atoms with Crippen LogP contribution in [0.3, 0.4) is 0 Å². The molecule has 0 fully saturated rings. The predicted octanol–water partition coefficient (Wildman–Crippen LogP) is 3.89. The van der Waals surface area contributed by atoms with Crippen LogP contribution in [0.15, 0.2) is 61.2 Å². The molecule has 0 atom stereocenters. The second kappa shape index (κ2) is 9.40.